The summed E-state index contributed by atoms with van der Waals surface area (Å²) in [6.45, 7) is 0. The Kier molecular flexibility index (Phi) is 7.32. The molecular weight excluding hydrogens is 841 g/mol. The normalized spacial score (nSPS) is 12.3. The van der Waals surface area contributed by atoms with Gasteiger partial charge in [-0.25, -0.2) is 0 Å². The third-order valence-electron chi connectivity index (χ3n) is 12.1. The van der Waals surface area contributed by atoms with E-state index in [9.17, 15) is 0 Å². The van der Waals surface area contributed by atoms with Crippen LogP contribution in [0, 0.1) is 0 Å². The van der Waals surface area contributed by atoms with Crippen molar-refractivity contribution in [2.45, 2.75) is 0 Å². The lowest BCUT2D eigenvalue weighted by molar-refractivity contribution is 1.66. The fourth-order valence-electron chi connectivity index (χ4n) is 9.14. The molecule has 0 bridgehead atoms. The second kappa shape index (κ2) is 12.9. The van der Waals surface area contributed by atoms with Gasteiger partial charge in [-0.3, -0.25) is 0 Å². The van der Waals surface area contributed by atoms with Crippen molar-refractivity contribution in [1.82, 2.24) is 0 Å². The molecule has 0 fully saturated rings. The van der Waals surface area contributed by atoms with Gasteiger partial charge in [0.1, 0.15) is 0 Å². The van der Waals surface area contributed by atoms with Crippen LogP contribution in [0.5, 0.6) is 0 Å². The van der Waals surface area contributed by atoms with Gasteiger partial charge in [0.05, 0.1) is 0 Å². The Morgan fingerprint density at radius 1 is 0.183 bits per heavy atom. The van der Waals surface area contributed by atoms with E-state index >= 15 is 0 Å². The standard InChI is InChI=1S/C54H28S6/c1-3-7-29(8-4-1)31-11-15-43-35(19-31)39-23-41-37-21-33(13-17-45(37)57-51(41)27-49(39)55-43)47-25-53-54(59-47)26-48(60-53)34-14-18-46-38(22-34)42-24-40-36-20-32(30-9-5-2-6-10-30)12-16-44(36)56-50(40)28-52(42)58-46/h1-28H. The monoisotopic (exact) mass is 868 g/mol. The molecule has 280 valence electrons. The highest BCUT2D eigenvalue weighted by molar-refractivity contribution is 7.31. The van der Waals surface area contributed by atoms with E-state index in [0.29, 0.717) is 0 Å². The number of fused-ring (bicyclic) bond motifs is 13. The third kappa shape index (κ3) is 5.23. The van der Waals surface area contributed by atoms with Crippen LogP contribution in [0.4, 0.5) is 0 Å². The number of thiophene rings is 6. The molecule has 6 heterocycles. The van der Waals surface area contributed by atoms with Crippen molar-refractivity contribution >= 4 is 158 Å². The van der Waals surface area contributed by atoms with E-state index in [1.54, 1.807) is 0 Å². The van der Waals surface area contributed by atoms with Gasteiger partial charge in [-0.2, -0.15) is 0 Å². The zero-order valence-electron chi connectivity index (χ0n) is 31.6. The summed E-state index contributed by atoms with van der Waals surface area (Å²) >= 11 is 11.5. The van der Waals surface area contributed by atoms with Crippen molar-refractivity contribution in [2.75, 3.05) is 0 Å². The maximum Gasteiger partial charge on any atom is 0.0463 e. The predicted octanol–water partition coefficient (Wildman–Crippen LogP) is 19.1. The van der Waals surface area contributed by atoms with Gasteiger partial charge in [-0.05, 0) is 118 Å². The molecule has 0 radical (unpaired) electrons. The van der Waals surface area contributed by atoms with Crippen LogP contribution in [0.1, 0.15) is 0 Å². The fraction of sp³-hybridized carbons (Fsp3) is 0. The quantitative estimate of drug-likeness (QED) is 0.165. The highest BCUT2D eigenvalue weighted by Crippen LogP contribution is 2.48. The fourth-order valence-corrected chi connectivity index (χ4v) is 16.1. The Morgan fingerprint density at radius 3 is 0.867 bits per heavy atom. The zero-order chi connectivity index (χ0) is 39.1. The summed E-state index contributed by atoms with van der Waals surface area (Å²) in [4.78, 5) is 2.67. The van der Waals surface area contributed by atoms with Crippen molar-refractivity contribution in [3.8, 4) is 43.1 Å². The summed E-state index contributed by atoms with van der Waals surface area (Å²) in [5, 5.41) is 10.8. The minimum Gasteiger partial charge on any atom is -0.135 e. The summed E-state index contributed by atoms with van der Waals surface area (Å²) in [6.07, 6.45) is 0. The molecule has 0 aliphatic heterocycles. The molecule has 0 nitrogen and oxygen atoms in total. The summed E-state index contributed by atoms with van der Waals surface area (Å²) in [5.41, 5.74) is 7.66. The second-order valence-corrected chi connectivity index (χ2v) is 22.1. The molecule has 14 rings (SSSR count). The smallest absolute Gasteiger partial charge is 0.0463 e. The molecule has 6 heteroatoms. The lowest BCUT2D eigenvalue weighted by atomic mass is 10.0. The molecule has 0 saturated heterocycles. The first-order valence-corrected chi connectivity index (χ1v) is 24.8. The Hall–Kier alpha value is -5.70. The van der Waals surface area contributed by atoms with E-state index in [0.717, 1.165) is 0 Å². The molecule has 0 N–H and O–H groups in total. The molecule has 0 spiro atoms. The van der Waals surface area contributed by atoms with Gasteiger partial charge < -0.3 is 0 Å². The maximum absolute atomic E-state index is 2.46. The minimum absolute atomic E-state index is 1.26. The van der Waals surface area contributed by atoms with Gasteiger partial charge in [0.2, 0.25) is 0 Å². The number of hydrogen-bond acceptors (Lipinski definition) is 6. The Balaban J connectivity index is 0.825. The van der Waals surface area contributed by atoms with Gasteiger partial charge in [0.15, 0.2) is 0 Å². The Morgan fingerprint density at radius 2 is 0.500 bits per heavy atom. The number of hydrogen-bond donors (Lipinski definition) is 0. The van der Waals surface area contributed by atoms with Gasteiger partial charge in [-0.1, -0.05) is 84.9 Å². The van der Waals surface area contributed by atoms with Crippen LogP contribution >= 0.6 is 68.0 Å². The number of rotatable bonds is 4. The summed E-state index contributed by atoms with van der Waals surface area (Å²) in [7, 11) is 0. The molecule has 0 saturated carbocycles. The number of benzene rings is 8. The molecule has 8 aromatic carbocycles. The van der Waals surface area contributed by atoms with Crippen LogP contribution in [-0.4, -0.2) is 0 Å². The minimum atomic E-state index is 1.26. The van der Waals surface area contributed by atoms with Crippen molar-refractivity contribution in [3.63, 3.8) is 0 Å². The van der Waals surface area contributed by atoms with Gasteiger partial charge in [0, 0.05) is 99.8 Å². The first-order valence-electron chi connectivity index (χ1n) is 19.9. The van der Waals surface area contributed by atoms with E-state index in [1.807, 2.05) is 68.0 Å². The van der Waals surface area contributed by atoms with Crippen LogP contribution in [-0.2, 0) is 0 Å². The zero-order valence-corrected chi connectivity index (χ0v) is 36.5. The molecule has 0 aliphatic carbocycles. The topological polar surface area (TPSA) is 0 Å². The summed E-state index contributed by atoms with van der Waals surface area (Å²) < 4.78 is 13.6. The highest BCUT2D eigenvalue weighted by atomic mass is 32.1. The molecule has 0 amide bonds. The van der Waals surface area contributed by atoms with Crippen LogP contribution in [0.25, 0.3) is 133 Å². The summed E-state index contributed by atoms with van der Waals surface area (Å²) in [5.74, 6) is 0. The SMILES string of the molecule is c1ccc(-c2ccc3sc4cc5sc6ccc(-c7cc8sc(-c9ccc%10sc%11cc%12sc%13ccc(-c%14ccccc%14)cc%13c%12cc%11c%10c9)cc8s7)cc6c5cc4c3c2)cc1. The Labute approximate surface area is 368 Å². The van der Waals surface area contributed by atoms with E-state index in [-0.39, 0.29) is 0 Å². The van der Waals surface area contributed by atoms with Crippen LogP contribution in [0.3, 0.4) is 0 Å². The average Bonchev–Trinajstić information content (AvgIpc) is 4.15. The second-order valence-electron chi connectivity index (χ2n) is 15.6. The van der Waals surface area contributed by atoms with E-state index in [2.05, 4.69) is 170 Å². The van der Waals surface area contributed by atoms with Crippen molar-refractivity contribution in [1.29, 1.82) is 0 Å². The van der Waals surface area contributed by atoms with Gasteiger partial charge in [-0.15, -0.1) is 68.0 Å². The first-order chi connectivity index (χ1) is 29.6. The lowest BCUT2D eigenvalue weighted by Gasteiger charge is -2.02. The maximum atomic E-state index is 2.46. The van der Waals surface area contributed by atoms with E-state index in [4.69, 9.17) is 0 Å². The van der Waals surface area contributed by atoms with Crippen molar-refractivity contribution < 1.29 is 0 Å². The highest BCUT2D eigenvalue weighted by Gasteiger charge is 2.17. The molecule has 0 aliphatic rings. The van der Waals surface area contributed by atoms with E-state index < -0.39 is 0 Å². The molecule has 14 aromatic rings. The first kappa shape index (κ1) is 34.1. The molecule has 0 unspecified atom stereocenters. The lowest BCUT2D eigenvalue weighted by Crippen LogP contribution is -1.76. The van der Waals surface area contributed by atoms with Gasteiger partial charge in [0.25, 0.3) is 0 Å². The Bertz CT molecular complexity index is 3760. The molecular formula is C54H28S6. The van der Waals surface area contributed by atoms with Crippen LogP contribution in [0.15, 0.2) is 170 Å². The largest absolute Gasteiger partial charge is 0.135 e. The van der Waals surface area contributed by atoms with Crippen molar-refractivity contribution in [2.24, 2.45) is 0 Å². The van der Waals surface area contributed by atoms with Crippen LogP contribution in [0.2, 0.25) is 0 Å². The summed E-state index contributed by atoms with van der Waals surface area (Å²) in [6, 6.07) is 64.1. The molecule has 0 atom stereocenters. The van der Waals surface area contributed by atoms with Crippen molar-refractivity contribution in [3.05, 3.63) is 170 Å². The average molecular weight is 869 g/mol. The van der Waals surface area contributed by atoms with Gasteiger partial charge >= 0.3 is 0 Å². The molecule has 6 aromatic heterocycles. The van der Waals surface area contributed by atoms with Crippen LogP contribution < -0.4 is 0 Å². The molecule has 60 heavy (non-hydrogen) atoms. The predicted molar refractivity (Wildman–Crippen MR) is 273 cm³/mol. The van der Waals surface area contributed by atoms with E-state index in [1.165, 1.54) is 133 Å². The third-order valence-corrected chi connectivity index (χ3v) is 19.0.